The highest BCUT2D eigenvalue weighted by molar-refractivity contribution is 6.13. The van der Waals surface area contributed by atoms with Crippen LogP contribution in [0.25, 0.3) is 0 Å². The van der Waals surface area contributed by atoms with Crippen LogP contribution in [0.3, 0.4) is 0 Å². The van der Waals surface area contributed by atoms with E-state index in [4.69, 9.17) is 15.5 Å². The summed E-state index contributed by atoms with van der Waals surface area (Å²) in [6, 6.07) is 28.6. The van der Waals surface area contributed by atoms with Crippen LogP contribution in [0.15, 0.2) is 94.9 Å². The fraction of sp³-hybridized carbons (Fsp3) is 0.167. The van der Waals surface area contributed by atoms with Gasteiger partial charge in [0.15, 0.2) is 0 Å². The molecule has 2 N–H and O–H groups in total. The molecule has 0 fully saturated rings. The third-order valence-electron chi connectivity index (χ3n) is 4.83. The maximum absolute atomic E-state index is 5.92. The van der Waals surface area contributed by atoms with Crippen molar-refractivity contribution in [2.24, 2.45) is 15.7 Å². The van der Waals surface area contributed by atoms with Crippen LogP contribution in [0, 0.1) is 0 Å². The van der Waals surface area contributed by atoms with E-state index in [0.29, 0.717) is 19.0 Å². The molecule has 4 nitrogen and oxygen atoms in total. The molecule has 3 aromatic carbocycles. The van der Waals surface area contributed by atoms with Crippen LogP contribution < -0.4 is 5.73 Å². The Morgan fingerprint density at radius 2 is 1.57 bits per heavy atom. The van der Waals surface area contributed by atoms with E-state index >= 15 is 0 Å². The summed E-state index contributed by atoms with van der Waals surface area (Å²) in [5.41, 5.74) is 10.4. The maximum atomic E-state index is 5.92. The molecule has 0 unspecified atom stereocenters. The summed E-state index contributed by atoms with van der Waals surface area (Å²) in [5.74, 6) is 0.525. The molecular weight excluding hydrogens is 346 g/mol. The number of amidine groups is 1. The minimum atomic E-state index is -0.493. The molecule has 0 bridgehead atoms. The summed E-state index contributed by atoms with van der Waals surface area (Å²) in [4.78, 5) is 9.64. The van der Waals surface area contributed by atoms with Gasteiger partial charge in [-0.2, -0.15) is 0 Å². The summed E-state index contributed by atoms with van der Waals surface area (Å²) < 4.78 is 5.62. The highest BCUT2D eigenvalue weighted by Gasteiger charge is 2.30. The number of aliphatic imine (C=N–C) groups is 2. The van der Waals surface area contributed by atoms with Gasteiger partial charge < -0.3 is 10.5 Å². The van der Waals surface area contributed by atoms with Crippen LogP contribution in [0.4, 0.5) is 5.69 Å². The molecular formula is C24H23N3O. The molecule has 1 aliphatic heterocycles. The summed E-state index contributed by atoms with van der Waals surface area (Å²) in [7, 11) is 0. The number of hydrogen-bond acceptors (Lipinski definition) is 4. The first-order valence-corrected chi connectivity index (χ1v) is 9.36. The summed E-state index contributed by atoms with van der Waals surface area (Å²) in [6.45, 7) is 2.93. The van der Waals surface area contributed by atoms with Gasteiger partial charge in [-0.15, -0.1) is 0 Å². The van der Waals surface area contributed by atoms with E-state index in [2.05, 4.69) is 41.4 Å². The maximum Gasteiger partial charge on any atom is 0.121 e. The molecule has 140 valence electrons. The van der Waals surface area contributed by atoms with Crippen LogP contribution in [0.2, 0.25) is 0 Å². The van der Waals surface area contributed by atoms with Crippen molar-refractivity contribution in [1.82, 2.24) is 0 Å². The van der Waals surface area contributed by atoms with E-state index in [9.17, 15) is 0 Å². The van der Waals surface area contributed by atoms with Gasteiger partial charge in [-0.3, -0.25) is 4.99 Å². The zero-order valence-electron chi connectivity index (χ0n) is 15.9. The largest absolute Gasteiger partial charge is 0.386 e. The Morgan fingerprint density at radius 1 is 0.929 bits per heavy atom. The normalized spacial score (nSPS) is 19.0. The molecule has 0 saturated heterocycles. The molecule has 1 heterocycles. The van der Waals surface area contributed by atoms with Gasteiger partial charge in [-0.05, 0) is 24.6 Å². The van der Waals surface area contributed by atoms with Crippen LogP contribution in [-0.4, -0.2) is 24.8 Å². The van der Waals surface area contributed by atoms with Gasteiger partial charge in [-0.1, -0.05) is 72.8 Å². The predicted molar refractivity (Wildman–Crippen MR) is 114 cm³/mol. The first-order valence-electron chi connectivity index (χ1n) is 9.36. The number of rotatable bonds is 4. The lowest BCUT2D eigenvalue weighted by Gasteiger charge is -2.30. The van der Waals surface area contributed by atoms with Crippen molar-refractivity contribution >= 4 is 17.2 Å². The van der Waals surface area contributed by atoms with Gasteiger partial charge in [0.25, 0.3) is 0 Å². The molecule has 3 aromatic rings. The zero-order chi connectivity index (χ0) is 19.4. The third-order valence-corrected chi connectivity index (χ3v) is 4.83. The average Bonchev–Trinajstić information content (AvgIpc) is 2.73. The lowest BCUT2D eigenvalue weighted by molar-refractivity contribution is 0.106. The number of nitrogens with two attached hydrogens (primary N) is 1. The molecule has 0 aliphatic carbocycles. The SMILES string of the molecule is C[C@@]1(c2cccc(N=C(c3ccccc3)c3ccccc3)c2)COCC(N)=N1. The molecule has 1 atom stereocenters. The Morgan fingerprint density at radius 3 is 2.18 bits per heavy atom. The van der Waals surface area contributed by atoms with Gasteiger partial charge in [0.05, 0.1) is 18.0 Å². The second-order valence-corrected chi connectivity index (χ2v) is 7.11. The van der Waals surface area contributed by atoms with E-state index in [0.717, 1.165) is 28.1 Å². The van der Waals surface area contributed by atoms with E-state index < -0.39 is 5.54 Å². The lowest BCUT2D eigenvalue weighted by atomic mass is 9.92. The predicted octanol–water partition coefficient (Wildman–Crippen LogP) is 4.46. The Bertz CT molecular complexity index is 971. The Hall–Kier alpha value is -3.24. The molecule has 0 saturated carbocycles. The van der Waals surface area contributed by atoms with Crippen LogP contribution >= 0.6 is 0 Å². The van der Waals surface area contributed by atoms with Crippen molar-refractivity contribution in [2.45, 2.75) is 12.5 Å². The minimum Gasteiger partial charge on any atom is -0.386 e. The lowest BCUT2D eigenvalue weighted by Crippen LogP contribution is -2.37. The zero-order valence-corrected chi connectivity index (χ0v) is 15.9. The van der Waals surface area contributed by atoms with E-state index in [1.807, 2.05) is 55.5 Å². The van der Waals surface area contributed by atoms with Crippen molar-refractivity contribution in [3.8, 4) is 0 Å². The topological polar surface area (TPSA) is 60.0 Å². The van der Waals surface area contributed by atoms with Crippen molar-refractivity contribution in [3.63, 3.8) is 0 Å². The Kier molecular flexibility index (Phi) is 5.04. The molecule has 0 radical (unpaired) electrons. The fourth-order valence-corrected chi connectivity index (χ4v) is 3.41. The number of nitrogens with zero attached hydrogens (tertiary/aromatic N) is 2. The number of ether oxygens (including phenoxy) is 1. The van der Waals surface area contributed by atoms with Gasteiger partial charge in [-0.25, -0.2) is 4.99 Å². The molecule has 0 spiro atoms. The molecule has 28 heavy (non-hydrogen) atoms. The van der Waals surface area contributed by atoms with E-state index in [-0.39, 0.29) is 0 Å². The van der Waals surface area contributed by atoms with Crippen molar-refractivity contribution in [2.75, 3.05) is 13.2 Å². The highest BCUT2D eigenvalue weighted by Crippen LogP contribution is 2.31. The molecule has 4 rings (SSSR count). The Balaban J connectivity index is 1.79. The fourth-order valence-electron chi connectivity index (χ4n) is 3.41. The van der Waals surface area contributed by atoms with Gasteiger partial charge in [0, 0.05) is 11.1 Å². The van der Waals surface area contributed by atoms with Crippen molar-refractivity contribution in [3.05, 3.63) is 102 Å². The number of hydrogen-bond donors (Lipinski definition) is 1. The minimum absolute atomic E-state index is 0.388. The molecule has 4 heteroatoms. The van der Waals surface area contributed by atoms with Crippen LogP contribution in [0.1, 0.15) is 23.6 Å². The van der Waals surface area contributed by atoms with Crippen LogP contribution in [-0.2, 0) is 10.3 Å². The third kappa shape index (κ3) is 3.87. The Labute approximate surface area is 165 Å². The summed E-state index contributed by atoms with van der Waals surface area (Å²) >= 11 is 0. The summed E-state index contributed by atoms with van der Waals surface area (Å²) in [6.07, 6.45) is 0. The second-order valence-electron chi connectivity index (χ2n) is 7.11. The number of benzene rings is 3. The first kappa shape index (κ1) is 18.1. The smallest absolute Gasteiger partial charge is 0.121 e. The molecule has 0 amide bonds. The van der Waals surface area contributed by atoms with E-state index in [1.165, 1.54) is 0 Å². The monoisotopic (exact) mass is 369 g/mol. The highest BCUT2D eigenvalue weighted by atomic mass is 16.5. The van der Waals surface area contributed by atoms with Gasteiger partial charge >= 0.3 is 0 Å². The van der Waals surface area contributed by atoms with Gasteiger partial charge in [0.1, 0.15) is 18.0 Å². The quantitative estimate of drug-likeness (QED) is 0.690. The second kappa shape index (κ2) is 7.79. The van der Waals surface area contributed by atoms with Crippen LogP contribution in [0.5, 0.6) is 0 Å². The van der Waals surface area contributed by atoms with Crippen molar-refractivity contribution < 1.29 is 4.74 Å². The standard InChI is InChI=1S/C24H23N3O/c1-24(17-28-16-22(25)27-24)20-13-8-14-21(15-20)26-23(18-9-4-2-5-10-18)19-11-6-3-7-12-19/h2-15H,16-17H2,1H3,(H2,25,27)/t24-/m0/s1. The van der Waals surface area contributed by atoms with Gasteiger partial charge in [0.2, 0.25) is 0 Å². The van der Waals surface area contributed by atoms with E-state index in [1.54, 1.807) is 0 Å². The van der Waals surface area contributed by atoms with Crippen molar-refractivity contribution in [1.29, 1.82) is 0 Å². The first-order chi connectivity index (χ1) is 13.6. The summed E-state index contributed by atoms with van der Waals surface area (Å²) in [5, 5.41) is 0. The average molecular weight is 369 g/mol. The molecule has 0 aromatic heterocycles. The molecule has 1 aliphatic rings.